The smallest absolute Gasteiger partial charge is 0.254 e. The molecule has 0 aliphatic carbocycles. The minimum atomic E-state index is -0.150. The Morgan fingerprint density at radius 2 is 1.57 bits per heavy atom. The second-order valence-corrected chi connectivity index (χ2v) is 9.91. The molecule has 2 heterocycles. The van der Waals surface area contributed by atoms with Gasteiger partial charge in [-0.05, 0) is 61.5 Å². The molecule has 2 N–H and O–H groups in total. The predicted octanol–water partition coefficient (Wildman–Crippen LogP) is 4.45. The number of aromatic nitrogens is 1. The van der Waals surface area contributed by atoms with Crippen LogP contribution < -0.4 is 10.6 Å². The molecule has 1 fully saturated rings. The Bertz CT molecular complexity index is 1450. The summed E-state index contributed by atoms with van der Waals surface area (Å²) >= 11 is 0. The molecule has 0 atom stereocenters. The zero-order chi connectivity index (χ0) is 25.9. The number of anilines is 1. The van der Waals surface area contributed by atoms with E-state index in [9.17, 15) is 9.59 Å². The summed E-state index contributed by atoms with van der Waals surface area (Å²) in [7, 11) is 2.07. The maximum atomic E-state index is 13.2. The van der Waals surface area contributed by atoms with Crippen molar-refractivity contribution in [3.05, 3.63) is 77.4 Å². The van der Waals surface area contributed by atoms with Crippen molar-refractivity contribution in [1.82, 2.24) is 19.7 Å². The fraction of sp³-hybridized carbons (Fsp3) is 0.333. The number of aryl methyl sites for hydroxylation is 1. The Hall–Kier alpha value is -3.68. The van der Waals surface area contributed by atoms with Crippen molar-refractivity contribution < 1.29 is 9.59 Å². The van der Waals surface area contributed by atoms with Crippen molar-refractivity contribution in [3.63, 3.8) is 0 Å². The second-order valence-electron chi connectivity index (χ2n) is 9.91. The number of hydrogen-bond acceptors (Lipinski definition) is 4. The highest BCUT2D eigenvalue weighted by Crippen LogP contribution is 2.29. The molecular weight excluding hydrogens is 462 g/mol. The number of nitrogens with one attached hydrogen (secondary N) is 2. The molecule has 1 aliphatic rings. The molecule has 0 saturated carbocycles. The van der Waals surface area contributed by atoms with E-state index in [0.29, 0.717) is 37.4 Å². The Morgan fingerprint density at radius 1 is 0.838 bits per heavy atom. The summed E-state index contributed by atoms with van der Waals surface area (Å²) in [4.78, 5) is 29.1. The largest absolute Gasteiger partial charge is 0.341 e. The number of para-hydroxylation sites is 1. The van der Waals surface area contributed by atoms with Crippen LogP contribution in [0.2, 0.25) is 0 Å². The second kappa shape index (κ2) is 10.7. The summed E-state index contributed by atoms with van der Waals surface area (Å²) in [5.74, 6) is -0.137. The molecule has 37 heavy (non-hydrogen) atoms. The fourth-order valence-corrected chi connectivity index (χ4v) is 5.29. The van der Waals surface area contributed by atoms with Crippen LogP contribution in [0.4, 0.5) is 5.69 Å². The van der Waals surface area contributed by atoms with Gasteiger partial charge in [-0.2, -0.15) is 0 Å². The number of piperazine rings is 1. The highest BCUT2D eigenvalue weighted by atomic mass is 16.2. The molecule has 0 radical (unpaired) electrons. The molecule has 1 aromatic heterocycles. The van der Waals surface area contributed by atoms with Crippen molar-refractivity contribution in [2.75, 3.05) is 38.5 Å². The summed E-state index contributed by atoms with van der Waals surface area (Å²) in [5.41, 5.74) is 5.95. The number of rotatable bonds is 7. The molecule has 7 nitrogen and oxygen atoms in total. The van der Waals surface area contributed by atoms with Gasteiger partial charge in [0.2, 0.25) is 5.91 Å². The zero-order valence-electron chi connectivity index (χ0n) is 21.9. The lowest BCUT2D eigenvalue weighted by atomic mass is 10.1. The van der Waals surface area contributed by atoms with E-state index in [-0.39, 0.29) is 11.8 Å². The van der Waals surface area contributed by atoms with Gasteiger partial charge in [-0.15, -0.1) is 0 Å². The monoisotopic (exact) mass is 497 g/mol. The third kappa shape index (κ3) is 5.38. The number of hydrogen-bond donors (Lipinski definition) is 2. The van der Waals surface area contributed by atoms with E-state index in [4.69, 9.17) is 0 Å². The van der Waals surface area contributed by atoms with Gasteiger partial charge in [0, 0.05) is 85.8 Å². The molecule has 3 aromatic carbocycles. The van der Waals surface area contributed by atoms with E-state index in [2.05, 4.69) is 76.5 Å². The molecule has 0 spiro atoms. The van der Waals surface area contributed by atoms with Crippen LogP contribution in [-0.2, 0) is 24.4 Å². The van der Waals surface area contributed by atoms with E-state index in [1.807, 2.05) is 17.0 Å². The molecule has 7 heteroatoms. The lowest BCUT2D eigenvalue weighted by molar-refractivity contribution is -0.114. The molecular formula is C30H35N5O2. The quantitative estimate of drug-likeness (QED) is 0.396. The highest BCUT2D eigenvalue weighted by Gasteiger charge is 2.21. The molecule has 5 rings (SSSR count). The average molecular weight is 498 g/mol. The van der Waals surface area contributed by atoms with Gasteiger partial charge in [-0.1, -0.05) is 24.3 Å². The standard InChI is InChI=1S/C30H35N5O2/c1-4-35-28-8-6-5-7-26(28)27-17-22(9-10-29(27)35)19-31-20-23-15-24(18-25(16-23)32-21(2)36)30(37)34-13-11-33(3)12-14-34/h5-10,15-18,31H,4,11-14,19-20H2,1-3H3,(H,32,36). The number of fused-ring (bicyclic) bond motifs is 3. The molecule has 0 unspecified atom stereocenters. The van der Waals surface area contributed by atoms with Gasteiger partial charge < -0.3 is 25.0 Å². The average Bonchev–Trinajstić information content (AvgIpc) is 3.21. The predicted molar refractivity (Wildman–Crippen MR) is 150 cm³/mol. The Labute approximate surface area is 218 Å². The summed E-state index contributed by atoms with van der Waals surface area (Å²) in [5, 5.41) is 8.93. The number of amides is 2. The molecule has 2 amide bonds. The zero-order valence-corrected chi connectivity index (χ0v) is 21.9. The van der Waals surface area contributed by atoms with Crippen molar-refractivity contribution in [2.24, 2.45) is 0 Å². The van der Waals surface area contributed by atoms with Crippen molar-refractivity contribution >= 4 is 39.3 Å². The van der Waals surface area contributed by atoms with Crippen LogP contribution in [0.25, 0.3) is 21.8 Å². The van der Waals surface area contributed by atoms with Crippen molar-refractivity contribution in [3.8, 4) is 0 Å². The lowest BCUT2D eigenvalue weighted by Crippen LogP contribution is -2.47. The molecule has 0 bridgehead atoms. The van der Waals surface area contributed by atoms with E-state index in [1.54, 1.807) is 6.07 Å². The summed E-state index contributed by atoms with van der Waals surface area (Å²) in [6.07, 6.45) is 0. The Balaban J connectivity index is 1.33. The van der Waals surface area contributed by atoms with Gasteiger partial charge >= 0.3 is 0 Å². The topological polar surface area (TPSA) is 69.6 Å². The van der Waals surface area contributed by atoms with Crippen molar-refractivity contribution in [1.29, 1.82) is 0 Å². The first-order chi connectivity index (χ1) is 17.9. The SMILES string of the molecule is CCn1c2ccccc2c2cc(CNCc3cc(NC(C)=O)cc(C(=O)N4CCN(C)CC4)c3)ccc21. The van der Waals surface area contributed by atoms with Gasteiger partial charge in [-0.25, -0.2) is 0 Å². The van der Waals surface area contributed by atoms with Crippen LogP contribution in [0.3, 0.4) is 0 Å². The highest BCUT2D eigenvalue weighted by molar-refractivity contribution is 6.08. The van der Waals surface area contributed by atoms with Gasteiger partial charge in [0.15, 0.2) is 0 Å². The summed E-state index contributed by atoms with van der Waals surface area (Å²) in [6.45, 7) is 9.05. The lowest BCUT2D eigenvalue weighted by Gasteiger charge is -2.32. The van der Waals surface area contributed by atoms with Crippen LogP contribution >= 0.6 is 0 Å². The Morgan fingerprint density at radius 3 is 2.32 bits per heavy atom. The van der Waals surface area contributed by atoms with Crippen LogP contribution in [0.15, 0.2) is 60.7 Å². The van der Waals surface area contributed by atoms with Gasteiger partial charge in [-0.3, -0.25) is 9.59 Å². The van der Waals surface area contributed by atoms with Gasteiger partial charge in [0.25, 0.3) is 5.91 Å². The Kier molecular flexibility index (Phi) is 7.26. The maximum absolute atomic E-state index is 13.2. The third-order valence-corrected chi connectivity index (χ3v) is 7.16. The number of nitrogens with zero attached hydrogens (tertiary/aromatic N) is 3. The van der Waals surface area contributed by atoms with Crippen LogP contribution in [0.1, 0.15) is 35.3 Å². The van der Waals surface area contributed by atoms with Gasteiger partial charge in [0.05, 0.1) is 0 Å². The number of benzene rings is 3. The minimum absolute atomic E-state index is 0.0133. The molecule has 1 aliphatic heterocycles. The molecule has 4 aromatic rings. The van der Waals surface area contributed by atoms with E-state index in [1.165, 1.54) is 34.3 Å². The van der Waals surface area contributed by atoms with E-state index >= 15 is 0 Å². The first-order valence-electron chi connectivity index (χ1n) is 13.0. The number of carbonyl (C=O) groups is 2. The molecule has 1 saturated heterocycles. The van der Waals surface area contributed by atoms with Crippen LogP contribution in [0, 0.1) is 0 Å². The number of likely N-dealkylation sites (N-methyl/N-ethyl adjacent to an activating group) is 1. The molecule has 192 valence electrons. The third-order valence-electron chi connectivity index (χ3n) is 7.16. The van der Waals surface area contributed by atoms with Gasteiger partial charge in [0.1, 0.15) is 0 Å². The van der Waals surface area contributed by atoms with Crippen molar-refractivity contribution in [2.45, 2.75) is 33.5 Å². The summed E-state index contributed by atoms with van der Waals surface area (Å²) < 4.78 is 2.36. The number of carbonyl (C=O) groups excluding carboxylic acids is 2. The van der Waals surface area contributed by atoms with Crippen LogP contribution in [-0.4, -0.2) is 59.4 Å². The first kappa shape index (κ1) is 25.0. The van der Waals surface area contributed by atoms with E-state index in [0.717, 1.165) is 25.2 Å². The first-order valence-corrected chi connectivity index (χ1v) is 13.0. The summed E-state index contributed by atoms with van der Waals surface area (Å²) in [6, 6.07) is 20.9. The minimum Gasteiger partial charge on any atom is -0.341 e. The van der Waals surface area contributed by atoms with Crippen LogP contribution in [0.5, 0.6) is 0 Å². The maximum Gasteiger partial charge on any atom is 0.254 e. The van der Waals surface area contributed by atoms with E-state index < -0.39 is 0 Å². The normalized spacial score (nSPS) is 14.4. The fourth-order valence-electron chi connectivity index (χ4n) is 5.29.